The summed E-state index contributed by atoms with van der Waals surface area (Å²) in [7, 11) is 0.362. The predicted molar refractivity (Wildman–Crippen MR) is 93.1 cm³/mol. The molecule has 1 saturated heterocycles. The molecule has 1 aliphatic rings. The van der Waals surface area contributed by atoms with Crippen LogP contribution >= 0.6 is 23.2 Å². The molecule has 0 saturated carbocycles. The van der Waals surface area contributed by atoms with Gasteiger partial charge in [-0.05, 0) is 30.2 Å². The van der Waals surface area contributed by atoms with Gasteiger partial charge in [0.25, 0.3) is 5.91 Å². The van der Waals surface area contributed by atoms with E-state index in [9.17, 15) is 13.2 Å². The van der Waals surface area contributed by atoms with E-state index in [1.165, 1.54) is 11.1 Å². The van der Waals surface area contributed by atoms with E-state index in [2.05, 4.69) is 0 Å². The Hall–Kier alpha value is -1.08. The van der Waals surface area contributed by atoms with Crippen LogP contribution in [0.3, 0.4) is 0 Å². The molecule has 2 rings (SSSR count). The topological polar surface area (TPSA) is 57.7 Å². The van der Waals surface area contributed by atoms with E-state index in [4.69, 9.17) is 23.2 Å². The van der Waals surface area contributed by atoms with Gasteiger partial charge in [-0.15, -0.1) is 0 Å². The molecule has 8 heteroatoms. The van der Waals surface area contributed by atoms with Gasteiger partial charge in [0.1, 0.15) is 0 Å². The van der Waals surface area contributed by atoms with Crippen molar-refractivity contribution in [1.29, 1.82) is 0 Å². The molecule has 0 bridgehead atoms. The number of nitrogens with zero attached hydrogens (tertiary/aromatic N) is 2. The molecule has 1 aromatic carbocycles. The summed E-state index contributed by atoms with van der Waals surface area (Å²) in [4.78, 5) is 12.5. The Kier molecular flexibility index (Phi) is 5.73. The fraction of sp³-hybridized carbons (Fsp3) is 0.400. The lowest BCUT2D eigenvalue weighted by Gasteiger charge is -2.32. The number of halogens is 2. The normalized spacial score (nSPS) is 20.3. The van der Waals surface area contributed by atoms with E-state index in [0.717, 1.165) is 0 Å². The standard InChI is InChI=1S/C15H18Cl2N2O3S/c1-18(2)19(13-7-8-23(21,22)10-13)15(20)6-4-11-3-5-12(16)9-14(11)17/h3-6,9,13H,7-8,10H2,1-2H3/b6-4+/t13-/m1/s1. The smallest absolute Gasteiger partial charge is 0.261 e. The minimum Gasteiger partial charge on any atom is -0.268 e. The van der Waals surface area contributed by atoms with E-state index in [1.807, 2.05) is 0 Å². The van der Waals surface area contributed by atoms with Crippen LogP contribution in [0.2, 0.25) is 10.0 Å². The first kappa shape index (κ1) is 18.3. The number of amides is 1. The number of hydrazine groups is 1. The van der Waals surface area contributed by atoms with Gasteiger partial charge in [0.15, 0.2) is 9.84 Å². The lowest BCUT2D eigenvalue weighted by atomic mass is 10.2. The van der Waals surface area contributed by atoms with Crippen molar-refractivity contribution in [2.45, 2.75) is 12.5 Å². The van der Waals surface area contributed by atoms with E-state index in [-0.39, 0.29) is 23.5 Å². The zero-order valence-electron chi connectivity index (χ0n) is 12.9. The summed E-state index contributed by atoms with van der Waals surface area (Å²) < 4.78 is 23.3. The van der Waals surface area contributed by atoms with Gasteiger partial charge < -0.3 is 0 Å². The largest absolute Gasteiger partial charge is 0.268 e. The Morgan fingerprint density at radius 2 is 2.00 bits per heavy atom. The van der Waals surface area contributed by atoms with Gasteiger partial charge in [0, 0.05) is 30.2 Å². The number of hydrogen-bond donors (Lipinski definition) is 0. The van der Waals surface area contributed by atoms with Crippen LogP contribution in [0.5, 0.6) is 0 Å². The molecule has 0 aliphatic carbocycles. The average molecular weight is 377 g/mol. The van der Waals surface area contributed by atoms with Gasteiger partial charge in [0.2, 0.25) is 0 Å². The molecule has 5 nitrogen and oxygen atoms in total. The summed E-state index contributed by atoms with van der Waals surface area (Å²) in [5, 5.41) is 4.04. The third kappa shape index (κ3) is 4.70. The maximum Gasteiger partial charge on any atom is 0.261 e. The Morgan fingerprint density at radius 1 is 1.30 bits per heavy atom. The summed E-state index contributed by atoms with van der Waals surface area (Å²) in [6.07, 6.45) is 3.43. The summed E-state index contributed by atoms with van der Waals surface area (Å²) in [5.41, 5.74) is 0.669. The van der Waals surface area contributed by atoms with Gasteiger partial charge in [-0.2, -0.15) is 0 Å². The molecule has 23 heavy (non-hydrogen) atoms. The van der Waals surface area contributed by atoms with Crippen LogP contribution in [0.1, 0.15) is 12.0 Å². The second-order valence-corrected chi connectivity index (χ2v) is 8.66. The highest BCUT2D eigenvalue weighted by molar-refractivity contribution is 7.91. The predicted octanol–water partition coefficient (Wildman–Crippen LogP) is 2.50. The highest BCUT2D eigenvalue weighted by atomic mass is 35.5. The summed E-state index contributed by atoms with van der Waals surface area (Å²) in [6, 6.07) is 4.66. The number of carbonyl (C=O) groups excluding carboxylic acids is 1. The third-order valence-corrected chi connectivity index (χ3v) is 5.89. The highest BCUT2D eigenvalue weighted by Crippen LogP contribution is 2.23. The summed E-state index contributed by atoms with van der Waals surface area (Å²) in [5.74, 6) is -0.183. The fourth-order valence-corrected chi connectivity index (χ4v) is 4.71. The van der Waals surface area contributed by atoms with Gasteiger partial charge in [0.05, 0.1) is 17.5 Å². The van der Waals surface area contributed by atoms with Gasteiger partial charge >= 0.3 is 0 Å². The summed E-state index contributed by atoms with van der Waals surface area (Å²) in [6.45, 7) is 0. The quantitative estimate of drug-likeness (QED) is 0.598. The maximum atomic E-state index is 12.5. The van der Waals surface area contributed by atoms with Crippen LogP contribution < -0.4 is 0 Å². The van der Waals surface area contributed by atoms with Crippen LogP contribution in [-0.4, -0.2) is 56.0 Å². The summed E-state index contributed by atoms with van der Waals surface area (Å²) >= 11 is 11.9. The minimum atomic E-state index is -3.07. The molecule has 0 aromatic heterocycles. The van der Waals surface area contributed by atoms with Crippen LogP contribution in [0, 0.1) is 0 Å². The molecule has 0 N–H and O–H groups in total. The van der Waals surface area contributed by atoms with Gasteiger partial charge in [-0.25, -0.2) is 13.4 Å². The van der Waals surface area contributed by atoms with E-state index < -0.39 is 9.84 Å². The third-order valence-electron chi connectivity index (χ3n) is 3.58. The van der Waals surface area contributed by atoms with Gasteiger partial charge in [-0.1, -0.05) is 29.3 Å². The minimum absolute atomic E-state index is 0.00748. The first-order chi connectivity index (χ1) is 10.7. The molecule has 1 atom stereocenters. The van der Waals surface area contributed by atoms with Crippen LogP contribution in [0.4, 0.5) is 0 Å². The molecule has 126 valence electrons. The van der Waals surface area contributed by atoms with Crippen LogP contribution in [-0.2, 0) is 14.6 Å². The Balaban J connectivity index is 2.17. The van der Waals surface area contributed by atoms with Crippen molar-refractivity contribution in [2.75, 3.05) is 25.6 Å². The molecule has 1 amide bonds. The maximum absolute atomic E-state index is 12.5. The molecule has 1 fully saturated rings. The monoisotopic (exact) mass is 376 g/mol. The molecule has 0 unspecified atom stereocenters. The lowest BCUT2D eigenvalue weighted by molar-refractivity contribution is -0.143. The average Bonchev–Trinajstić information content (AvgIpc) is 2.77. The first-order valence-corrected chi connectivity index (χ1v) is 9.61. The van der Waals surface area contributed by atoms with Crippen molar-refractivity contribution in [3.05, 3.63) is 39.9 Å². The van der Waals surface area contributed by atoms with Crippen molar-refractivity contribution in [2.24, 2.45) is 0 Å². The Morgan fingerprint density at radius 3 is 2.52 bits per heavy atom. The SMILES string of the molecule is CN(C)N(C(=O)/C=C/c1ccc(Cl)cc1Cl)[C@@H]1CCS(=O)(=O)C1. The second kappa shape index (κ2) is 7.21. The Labute approximate surface area is 146 Å². The number of rotatable bonds is 4. The molecule has 1 aliphatic heterocycles. The first-order valence-electron chi connectivity index (χ1n) is 7.03. The van der Waals surface area contributed by atoms with Crippen molar-refractivity contribution in [3.8, 4) is 0 Å². The second-order valence-electron chi connectivity index (χ2n) is 5.59. The number of benzene rings is 1. The van der Waals surface area contributed by atoms with E-state index in [1.54, 1.807) is 43.4 Å². The van der Waals surface area contributed by atoms with Crippen molar-refractivity contribution < 1.29 is 13.2 Å². The molecule has 0 spiro atoms. The number of carbonyl (C=O) groups is 1. The lowest BCUT2D eigenvalue weighted by Crippen LogP contribution is -2.48. The van der Waals surface area contributed by atoms with Crippen molar-refractivity contribution in [1.82, 2.24) is 10.0 Å². The molecular weight excluding hydrogens is 359 g/mol. The molecule has 1 heterocycles. The van der Waals surface area contributed by atoms with E-state index in [0.29, 0.717) is 22.0 Å². The van der Waals surface area contributed by atoms with Gasteiger partial charge in [-0.3, -0.25) is 9.80 Å². The van der Waals surface area contributed by atoms with Crippen LogP contribution in [0.25, 0.3) is 6.08 Å². The molecular formula is C15H18Cl2N2O3S. The fourth-order valence-electron chi connectivity index (χ4n) is 2.55. The number of sulfone groups is 1. The molecule has 0 radical (unpaired) electrons. The zero-order chi connectivity index (χ0) is 17.2. The highest BCUT2D eigenvalue weighted by Gasteiger charge is 2.35. The molecule has 1 aromatic rings. The van der Waals surface area contributed by atoms with Crippen molar-refractivity contribution in [3.63, 3.8) is 0 Å². The van der Waals surface area contributed by atoms with E-state index >= 15 is 0 Å². The Bertz CT molecular complexity index is 732. The van der Waals surface area contributed by atoms with Crippen LogP contribution in [0.15, 0.2) is 24.3 Å². The number of hydrogen-bond acceptors (Lipinski definition) is 4. The van der Waals surface area contributed by atoms with Crippen molar-refractivity contribution >= 4 is 45.0 Å². The zero-order valence-corrected chi connectivity index (χ0v) is 15.2.